The molecular weight excluding hydrogens is 383 g/mol. The minimum absolute atomic E-state index is 0.241. The molecule has 0 N–H and O–H groups in total. The van der Waals surface area contributed by atoms with Gasteiger partial charge in [0.15, 0.2) is 11.6 Å². The number of hydrogen-bond acceptors (Lipinski definition) is 4. The van der Waals surface area contributed by atoms with E-state index in [2.05, 4.69) is 4.98 Å². The number of nitrogens with zero attached hydrogens (tertiary/aromatic N) is 2. The molecule has 3 rings (SSSR count). The summed E-state index contributed by atoms with van der Waals surface area (Å²) in [4.78, 5) is 3.08. The highest BCUT2D eigenvalue weighted by atomic mass is 32.2. The quantitative estimate of drug-likeness (QED) is 0.749. The zero-order valence-electron chi connectivity index (χ0n) is 12.9. The fraction of sp³-hybridized carbons (Fsp3) is 0.267. The van der Waals surface area contributed by atoms with E-state index in [1.165, 1.54) is 0 Å². The van der Waals surface area contributed by atoms with Crippen LogP contribution in [0.4, 0.5) is 22.0 Å². The van der Waals surface area contributed by atoms with E-state index in [0.29, 0.717) is 12.1 Å². The highest BCUT2D eigenvalue weighted by Gasteiger charge is 2.41. The lowest BCUT2D eigenvalue weighted by molar-refractivity contribution is -0.140. The van der Waals surface area contributed by atoms with Gasteiger partial charge in [-0.15, -0.1) is 0 Å². The third-order valence-electron chi connectivity index (χ3n) is 3.70. The largest absolute Gasteiger partial charge is 0.471 e. The van der Waals surface area contributed by atoms with Crippen LogP contribution in [0.3, 0.4) is 0 Å². The standard InChI is InChI=1S/C15H11F5N2O3S/c16-12-4-3-10(6-13(12)17)26(23,24)22-7-9(8-22)25-14-11(15(18,19)20)2-1-5-21-14/h1-6,9H,7-8H2. The Hall–Kier alpha value is -2.27. The Bertz CT molecular complexity index is 927. The van der Waals surface area contributed by atoms with Crippen molar-refractivity contribution in [3.63, 3.8) is 0 Å². The molecule has 1 aliphatic rings. The monoisotopic (exact) mass is 394 g/mol. The first-order chi connectivity index (χ1) is 12.1. The number of rotatable bonds is 4. The van der Waals surface area contributed by atoms with Gasteiger partial charge in [0, 0.05) is 6.20 Å². The van der Waals surface area contributed by atoms with Crippen molar-refractivity contribution in [3.05, 3.63) is 53.7 Å². The van der Waals surface area contributed by atoms with E-state index < -0.39 is 50.3 Å². The number of ether oxygens (including phenoxy) is 1. The summed E-state index contributed by atoms with van der Waals surface area (Å²) in [5, 5.41) is 0. The first kappa shape index (κ1) is 18.5. The predicted molar refractivity (Wildman–Crippen MR) is 78.8 cm³/mol. The molecule has 1 saturated heterocycles. The number of pyridine rings is 1. The van der Waals surface area contributed by atoms with E-state index in [1.54, 1.807) is 0 Å². The fourth-order valence-corrected chi connectivity index (χ4v) is 3.83. The summed E-state index contributed by atoms with van der Waals surface area (Å²) in [7, 11) is -4.10. The van der Waals surface area contributed by atoms with Crippen molar-refractivity contribution in [2.24, 2.45) is 0 Å². The minimum Gasteiger partial charge on any atom is -0.471 e. The maximum atomic E-state index is 13.2. The molecule has 0 atom stereocenters. The second-order valence-electron chi connectivity index (χ2n) is 5.49. The van der Waals surface area contributed by atoms with Crippen LogP contribution in [0.5, 0.6) is 5.88 Å². The Labute approximate surface area is 145 Å². The van der Waals surface area contributed by atoms with Crippen molar-refractivity contribution in [1.82, 2.24) is 9.29 Å². The maximum Gasteiger partial charge on any atom is 0.421 e. The zero-order chi connectivity index (χ0) is 19.1. The molecule has 0 unspecified atom stereocenters. The van der Waals surface area contributed by atoms with E-state index in [-0.39, 0.29) is 13.1 Å². The zero-order valence-corrected chi connectivity index (χ0v) is 13.7. The highest BCUT2D eigenvalue weighted by molar-refractivity contribution is 7.89. The molecule has 0 amide bonds. The van der Waals surface area contributed by atoms with E-state index in [4.69, 9.17) is 4.74 Å². The summed E-state index contributed by atoms with van der Waals surface area (Å²) in [5.74, 6) is -3.15. The van der Waals surface area contributed by atoms with Gasteiger partial charge in [-0.1, -0.05) is 0 Å². The summed E-state index contributed by atoms with van der Waals surface area (Å²) < 4.78 is 95.4. The molecule has 1 aliphatic heterocycles. The molecule has 0 radical (unpaired) electrons. The lowest BCUT2D eigenvalue weighted by Gasteiger charge is -2.37. The molecular formula is C15H11F5N2O3S. The van der Waals surface area contributed by atoms with Gasteiger partial charge in [0.25, 0.3) is 0 Å². The van der Waals surface area contributed by atoms with Crippen molar-refractivity contribution in [2.75, 3.05) is 13.1 Å². The average Bonchev–Trinajstić information content (AvgIpc) is 2.52. The van der Waals surface area contributed by atoms with Crippen LogP contribution in [-0.2, 0) is 16.2 Å². The van der Waals surface area contributed by atoms with Crippen LogP contribution in [0.2, 0.25) is 0 Å². The van der Waals surface area contributed by atoms with Crippen molar-refractivity contribution < 1.29 is 35.1 Å². The Morgan fingerprint density at radius 3 is 2.42 bits per heavy atom. The van der Waals surface area contributed by atoms with Crippen LogP contribution >= 0.6 is 0 Å². The third-order valence-corrected chi connectivity index (χ3v) is 5.53. The number of benzene rings is 1. The normalized spacial score (nSPS) is 16.3. The van der Waals surface area contributed by atoms with Gasteiger partial charge in [-0.25, -0.2) is 22.2 Å². The molecule has 1 fully saturated rings. The fourth-order valence-electron chi connectivity index (χ4n) is 2.32. The Balaban J connectivity index is 1.71. The van der Waals surface area contributed by atoms with E-state index >= 15 is 0 Å². The van der Waals surface area contributed by atoms with Gasteiger partial charge in [-0.05, 0) is 30.3 Å². The van der Waals surface area contributed by atoms with Gasteiger partial charge in [0.2, 0.25) is 15.9 Å². The molecule has 0 bridgehead atoms. The summed E-state index contributed by atoms with van der Waals surface area (Å²) in [5.41, 5.74) is -1.07. The Morgan fingerprint density at radius 2 is 1.81 bits per heavy atom. The lowest BCUT2D eigenvalue weighted by atomic mass is 10.2. The summed E-state index contributed by atoms with van der Waals surface area (Å²) in [6.07, 6.45) is -4.38. The van der Waals surface area contributed by atoms with Crippen LogP contribution in [-0.4, -0.2) is 36.9 Å². The summed E-state index contributed by atoms with van der Waals surface area (Å²) in [6.45, 7) is -0.482. The summed E-state index contributed by atoms with van der Waals surface area (Å²) in [6, 6.07) is 4.04. The van der Waals surface area contributed by atoms with E-state index in [1.807, 2.05) is 0 Å². The number of hydrogen-bond donors (Lipinski definition) is 0. The van der Waals surface area contributed by atoms with Gasteiger partial charge < -0.3 is 4.74 Å². The Kier molecular flexibility index (Phi) is 4.61. The number of aromatic nitrogens is 1. The molecule has 1 aromatic heterocycles. The lowest BCUT2D eigenvalue weighted by Crippen LogP contribution is -2.56. The van der Waals surface area contributed by atoms with Crippen molar-refractivity contribution in [2.45, 2.75) is 17.2 Å². The molecule has 0 saturated carbocycles. The molecule has 5 nitrogen and oxygen atoms in total. The second-order valence-corrected chi connectivity index (χ2v) is 7.43. The molecule has 2 heterocycles. The molecule has 140 valence electrons. The smallest absolute Gasteiger partial charge is 0.421 e. The van der Waals surface area contributed by atoms with Crippen LogP contribution in [0.1, 0.15) is 5.56 Å². The SMILES string of the molecule is O=S(=O)(c1ccc(F)c(F)c1)N1CC(Oc2ncccc2C(F)(F)F)C1. The summed E-state index contributed by atoms with van der Waals surface area (Å²) >= 11 is 0. The molecule has 1 aromatic carbocycles. The second kappa shape index (κ2) is 6.47. The van der Waals surface area contributed by atoms with Gasteiger partial charge >= 0.3 is 6.18 Å². The van der Waals surface area contributed by atoms with Crippen molar-refractivity contribution in [1.29, 1.82) is 0 Å². The molecule has 0 aliphatic carbocycles. The first-order valence-corrected chi connectivity index (χ1v) is 8.67. The Morgan fingerprint density at radius 1 is 1.12 bits per heavy atom. The minimum atomic E-state index is -4.66. The van der Waals surface area contributed by atoms with Gasteiger partial charge in [-0.2, -0.15) is 17.5 Å². The van der Waals surface area contributed by atoms with Gasteiger partial charge in [0.1, 0.15) is 11.7 Å². The first-order valence-electron chi connectivity index (χ1n) is 7.23. The molecule has 26 heavy (non-hydrogen) atoms. The van der Waals surface area contributed by atoms with Crippen molar-refractivity contribution in [3.8, 4) is 5.88 Å². The van der Waals surface area contributed by atoms with Crippen molar-refractivity contribution >= 4 is 10.0 Å². The van der Waals surface area contributed by atoms with Gasteiger partial charge in [0.05, 0.1) is 18.0 Å². The van der Waals surface area contributed by atoms with Crippen LogP contribution in [0.15, 0.2) is 41.4 Å². The number of alkyl halides is 3. The van der Waals surface area contributed by atoms with Crippen LogP contribution < -0.4 is 4.74 Å². The molecule has 0 spiro atoms. The van der Waals surface area contributed by atoms with E-state index in [9.17, 15) is 30.4 Å². The number of halogens is 5. The molecule has 11 heteroatoms. The topological polar surface area (TPSA) is 59.5 Å². The van der Waals surface area contributed by atoms with Crippen LogP contribution in [0.25, 0.3) is 0 Å². The average molecular weight is 394 g/mol. The van der Waals surface area contributed by atoms with E-state index in [0.717, 1.165) is 28.7 Å². The number of sulfonamides is 1. The third kappa shape index (κ3) is 3.49. The highest BCUT2D eigenvalue weighted by Crippen LogP contribution is 2.36. The van der Waals surface area contributed by atoms with Gasteiger partial charge in [-0.3, -0.25) is 0 Å². The predicted octanol–water partition coefficient (Wildman–Crippen LogP) is 2.83. The maximum absolute atomic E-state index is 13.2. The molecule has 2 aromatic rings. The van der Waals surface area contributed by atoms with Crippen LogP contribution in [0, 0.1) is 11.6 Å².